The van der Waals surface area contributed by atoms with Gasteiger partial charge in [0.2, 0.25) is 0 Å². The Labute approximate surface area is 359 Å². The molecule has 6 nitrogen and oxygen atoms in total. The van der Waals surface area contributed by atoms with Crippen molar-refractivity contribution in [2.45, 2.75) is 52.4 Å². The van der Waals surface area contributed by atoms with Gasteiger partial charge in [-0.05, 0) is 50.7 Å². The molecule has 0 fully saturated rings. The molecular formula is C52H43N5OPt. The predicted molar refractivity (Wildman–Crippen MR) is 237 cm³/mol. The molecule has 4 aromatic heterocycles. The maximum absolute atomic E-state index is 6.51. The first-order valence-corrected chi connectivity index (χ1v) is 19.8. The van der Waals surface area contributed by atoms with Gasteiger partial charge in [0.05, 0.1) is 22.9 Å². The van der Waals surface area contributed by atoms with E-state index in [9.17, 15) is 0 Å². The average Bonchev–Trinajstić information content (AvgIpc) is 3.94. The fraction of sp³-hybridized carbons (Fsp3) is 0.154. The zero-order chi connectivity index (χ0) is 39.8. The molecule has 0 aliphatic heterocycles. The van der Waals surface area contributed by atoms with Crippen LogP contribution in [0.1, 0.15) is 52.7 Å². The number of nitrogens with zero attached hydrogens (tertiary/aromatic N) is 5. The zero-order valence-electron chi connectivity index (χ0n) is 33.9. The summed E-state index contributed by atoms with van der Waals surface area (Å²) in [5.74, 6) is 1.96. The van der Waals surface area contributed by atoms with Gasteiger partial charge in [-0.25, -0.2) is 4.98 Å². The second kappa shape index (κ2) is 14.5. The van der Waals surface area contributed by atoms with Crippen molar-refractivity contribution in [3.8, 4) is 39.8 Å². The predicted octanol–water partition coefficient (Wildman–Crippen LogP) is 13.1. The van der Waals surface area contributed by atoms with Crippen molar-refractivity contribution in [3.63, 3.8) is 0 Å². The smallest absolute Gasteiger partial charge is 0.509 e. The van der Waals surface area contributed by atoms with Crippen molar-refractivity contribution >= 4 is 43.6 Å². The molecule has 0 bridgehead atoms. The molecule has 0 spiro atoms. The van der Waals surface area contributed by atoms with Crippen LogP contribution in [0.3, 0.4) is 0 Å². The van der Waals surface area contributed by atoms with Crippen LogP contribution in [0.4, 0.5) is 0 Å². The van der Waals surface area contributed by atoms with Crippen LogP contribution in [0.2, 0.25) is 0 Å². The second-order valence-electron chi connectivity index (χ2n) is 17.1. The van der Waals surface area contributed by atoms with Gasteiger partial charge in [-0.2, -0.15) is 17.2 Å². The van der Waals surface area contributed by atoms with Crippen LogP contribution in [-0.4, -0.2) is 23.9 Å². The second-order valence-corrected chi connectivity index (χ2v) is 17.1. The standard InChI is InChI=1S/C52H43N5O.Pt/c1-51(2,3)44-22-13-20-42-43-21-14-23-45(52(4,5)6)50(43)56(49(42)44)37-27-28-53-48(30-37)57-46-24-11-10-19-40(46)41-26-25-39(31-47(41)57)58-38-18-12-17-36(29-38)55-33-35(32-54-55)34-15-8-7-9-16-34;/h7-28,30,32-33H,1-6H3;/q-2;+2. The summed E-state index contributed by atoms with van der Waals surface area (Å²) in [4.78, 5) is 5.05. The Morgan fingerprint density at radius 1 is 0.559 bits per heavy atom. The number of rotatable bonds is 6. The molecule has 0 aliphatic carbocycles. The molecule has 10 aromatic rings. The van der Waals surface area contributed by atoms with E-state index in [0.29, 0.717) is 11.5 Å². The third kappa shape index (κ3) is 6.66. The average molecular weight is 949 g/mol. The summed E-state index contributed by atoms with van der Waals surface area (Å²) in [7, 11) is 0. The molecule has 0 N–H and O–H groups in total. The first-order valence-electron chi connectivity index (χ1n) is 19.8. The first kappa shape index (κ1) is 38.3. The van der Waals surface area contributed by atoms with E-state index in [1.807, 2.05) is 65.7 Å². The minimum absolute atomic E-state index is 0. The van der Waals surface area contributed by atoms with Crippen LogP contribution in [-0.2, 0) is 31.9 Å². The zero-order valence-corrected chi connectivity index (χ0v) is 36.2. The van der Waals surface area contributed by atoms with Gasteiger partial charge in [-0.3, -0.25) is 4.68 Å². The molecule has 0 saturated carbocycles. The van der Waals surface area contributed by atoms with Crippen LogP contribution < -0.4 is 4.74 Å². The molecule has 0 radical (unpaired) electrons. The number of hydrogen-bond donors (Lipinski definition) is 0. The van der Waals surface area contributed by atoms with Crippen molar-refractivity contribution in [1.82, 2.24) is 23.9 Å². The van der Waals surface area contributed by atoms with Crippen LogP contribution in [0.25, 0.3) is 71.9 Å². The molecule has 59 heavy (non-hydrogen) atoms. The van der Waals surface area contributed by atoms with Crippen molar-refractivity contribution in [1.29, 1.82) is 0 Å². The van der Waals surface area contributed by atoms with Gasteiger partial charge >= 0.3 is 21.1 Å². The fourth-order valence-electron chi connectivity index (χ4n) is 8.41. The summed E-state index contributed by atoms with van der Waals surface area (Å²) < 4.78 is 13.0. The summed E-state index contributed by atoms with van der Waals surface area (Å²) in [5.41, 5.74) is 10.8. The first-order chi connectivity index (χ1) is 28.0. The number of hydrogen-bond acceptors (Lipinski definition) is 3. The van der Waals surface area contributed by atoms with Gasteiger partial charge in [-0.15, -0.1) is 35.7 Å². The summed E-state index contributed by atoms with van der Waals surface area (Å²) in [6.45, 7) is 13.8. The van der Waals surface area contributed by atoms with E-state index in [0.717, 1.165) is 50.1 Å². The summed E-state index contributed by atoms with van der Waals surface area (Å²) >= 11 is 0. The van der Waals surface area contributed by atoms with Gasteiger partial charge in [0.15, 0.2) is 0 Å². The van der Waals surface area contributed by atoms with Crippen LogP contribution in [0, 0.1) is 12.1 Å². The van der Waals surface area contributed by atoms with Gasteiger partial charge in [0.1, 0.15) is 5.82 Å². The van der Waals surface area contributed by atoms with E-state index in [1.165, 1.54) is 32.9 Å². The van der Waals surface area contributed by atoms with Crippen LogP contribution in [0.5, 0.6) is 11.5 Å². The normalized spacial score (nSPS) is 12.1. The Morgan fingerprint density at radius 2 is 1.20 bits per heavy atom. The van der Waals surface area contributed by atoms with Gasteiger partial charge in [0, 0.05) is 51.8 Å². The van der Waals surface area contributed by atoms with E-state index in [-0.39, 0.29) is 31.9 Å². The SMILES string of the molecule is CC(C)(C)c1cccc2c3cccc(C(C)(C)C)c3n(-c3ccnc(-n4c5[c-]c(Oc6[c-]c(-n7cc(-c8ccccc8)cn7)ccc6)ccc5c5ccccc54)c3)c12.[Pt+2]. The largest absolute Gasteiger partial charge is 2.00 e. The minimum atomic E-state index is -0.0813. The summed E-state index contributed by atoms with van der Waals surface area (Å²) in [6.07, 6.45) is 5.81. The molecular weight excluding hydrogens is 906 g/mol. The molecule has 4 heterocycles. The molecule has 292 valence electrons. The quantitative estimate of drug-likeness (QED) is 0.156. The molecule has 7 heteroatoms. The number of para-hydroxylation sites is 3. The van der Waals surface area contributed by atoms with E-state index in [2.05, 4.69) is 159 Å². The molecule has 0 saturated heterocycles. The van der Waals surface area contributed by atoms with Crippen molar-refractivity contribution in [3.05, 3.63) is 175 Å². The fourth-order valence-corrected chi connectivity index (χ4v) is 8.41. The Balaban J connectivity index is 0.00000449. The van der Waals surface area contributed by atoms with E-state index in [4.69, 9.17) is 9.72 Å². The Kier molecular flexibility index (Phi) is 9.44. The Bertz CT molecular complexity index is 3100. The van der Waals surface area contributed by atoms with Gasteiger partial charge in [0.25, 0.3) is 0 Å². The van der Waals surface area contributed by atoms with E-state index >= 15 is 0 Å². The number of pyridine rings is 1. The Hall–Kier alpha value is -6.23. The van der Waals surface area contributed by atoms with Crippen molar-refractivity contribution < 1.29 is 25.8 Å². The maximum atomic E-state index is 6.51. The molecule has 10 rings (SSSR count). The third-order valence-corrected chi connectivity index (χ3v) is 11.1. The number of ether oxygens (including phenoxy) is 1. The molecule has 0 aliphatic rings. The number of aromatic nitrogens is 5. The van der Waals surface area contributed by atoms with Crippen molar-refractivity contribution in [2.24, 2.45) is 0 Å². The minimum Gasteiger partial charge on any atom is -0.509 e. The maximum Gasteiger partial charge on any atom is 2.00 e. The third-order valence-electron chi connectivity index (χ3n) is 11.1. The molecule has 6 aromatic carbocycles. The summed E-state index contributed by atoms with van der Waals surface area (Å²) in [6, 6.07) is 53.6. The Morgan fingerprint density at radius 3 is 1.92 bits per heavy atom. The van der Waals surface area contributed by atoms with E-state index in [1.54, 1.807) is 0 Å². The van der Waals surface area contributed by atoms with Gasteiger partial charge < -0.3 is 13.9 Å². The van der Waals surface area contributed by atoms with E-state index < -0.39 is 0 Å². The molecule has 0 amide bonds. The van der Waals surface area contributed by atoms with Crippen LogP contribution in [0.15, 0.2) is 152 Å². The molecule has 0 atom stereocenters. The monoisotopic (exact) mass is 948 g/mol. The summed E-state index contributed by atoms with van der Waals surface area (Å²) in [5, 5.41) is 9.32. The van der Waals surface area contributed by atoms with Crippen LogP contribution >= 0.6 is 0 Å². The number of benzene rings is 6. The number of fused-ring (bicyclic) bond motifs is 6. The van der Waals surface area contributed by atoms with Crippen molar-refractivity contribution in [2.75, 3.05) is 0 Å². The topological polar surface area (TPSA) is 49.8 Å². The molecule has 0 unspecified atom stereocenters. The van der Waals surface area contributed by atoms with Gasteiger partial charge in [-0.1, -0.05) is 132 Å².